The van der Waals surface area contributed by atoms with Gasteiger partial charge >= 0.3 is 0 Å². The molecule has 0 amide bonds. The predicted molar refractivity (Wildman–Crippen MR) is 71.3 cm³/mol. The van der Waals surface area contributed by atoms with Gasteiger partial charge in [0.15, 0.2) is 0 Å². The molecule has 1 aromatic carbocycles. The van der Waals surface area contributed by atoms with Gasteiger partial charge < -0.3 is 5.43 Å². The number of anilines is 1. The van der Waals surface area contributed by atoms with E-state index in [2.05, 4.69) is 24.0 Å². The van der Waals surface area contributed by atoms with Gasteiger partial charge in [0.2, 0.25) is 10.0 Å². The van der Waals surface area contributed by atoms with Crippen LogP contribution in [0.15, 0.2) is 29.2 Å². The fourth-order valence-electron chi connectivity index (χ4n) is 1.95. The highest BCUT2D eigenvalue weighted by atomic mass is 32.2. The molecule has 1 aromatic rings. The van der Waals surface area contributed by atoms with Gasteiger partial charge in [0.25, 0.3) is 0 Å². The third-order valence-electron chi connectivity index (χ3n) is 3.57. The number of nitrogen functional groups attached to an aromatic ring is 1. The minimum atomic E-state index is -3.41. The van der Waals surface area contributed by atoms with Crippen LogP contribution in [0.25, 0.3) is 0 Å². The monoisotopic (exact) mass is 269 g/mol. The van der Waals surface area contributed by atoms with Gasteiger partial charge in [-0.1, -0.05) is 13.8 Å². The molecule has 0 bridgehead atoms. The number of sulfonamides is 1. The average molecular weight is 269 g/mol. The summed E-state index contributed by atoms with van der Waals surface area (Å²) in [6.07, 6.45) is 1.07. The summed E-state index contributed by atoms with van der Waals surface area (Å²) in [4.78, 5) is 0.264. The molecule has 1 fully saturated rings. The Kier molecular flexibility index (Phi) is 3.35. The highest BCUT2D eigenvalue weighted by Gasteiger charge is 2.45. The van der Waals surface area contributed by atoms with Gasteiger partial charge in [-0.3, -0.25) is 5.84 Å². The Hall–Kier alpha value is -1.11. The van der Waals surface area contributed by atoms with E-state index in [9.17, 15) is 8.42 Å². The SMILES string of the molecule is CC1(C)CC1CNS(=O)(=O)c1ccc(NN)cc1. The average Bonchev–Trinajstić information content (AvgIpc) is 2.95. The molecule has 0 aromatic heterocycles. The van der Waals surface area contributed by atoms with Crippen molar-refractivity contribution in [1.82, 2.24) is 4.72 Å². The molecule has 1 saturated carbocycles. The third-order valence-corrected chi connectivity index (χ3v) is 5.01. The Morgan fingerprint density at radius 1 is 1.33 bits per heavy atom. The maximum absolute atomic E-state index is 12.0. The second kappa shape index (κ2) is 4.53. The van der Waals surface area contributed by atoms with E-state index in [0.717, 1.165) is 6.42 Å². The van der Waals surface area contributed by atoms with Crippen LogP contribution in [0.4, 0.5) is 5.69 Å². The van der Waals surface area contributed by atoms with Crippen molar-refractivity contribution in [2.45, 2.75) is 25.2 Å². The fourth-order valence-corrected chi connectivity index (χ4v) is 3.03. The predicted octanol–water partition coefficient (Wildman–Crippen LogP) is 1.30. The molecular formula is C12H19N3O2S. The van der Waals surface area contributed by atoms with Crippen LogP contribution in [-0.4, -0.2) is 15.0 Å². The highest BCUT2D eigenvalue weighted by molar-refractivity contribution is 7.89. The smallest absolute Gasteiger partial charge is 0.240 e. The Morgan fingerprint density at radius 3 is 2.33 bits per heavy atom. The first-order valence-corrected chi connectivity index (χ1v) is 7.40. The molecule has 100 valence electrons. The Morgan fingerprint density at radius 2 is 1.89 bits per heavy atom. The lowest BCUT2D eigenvalue weighted by molar-refractivity contribution is 0.537. The number of hydrazine groups is 1. The van der Waals surface area contributed by atoms with Gasteiger partial charge in [-0.25, -0.2) is 13.1 Å². The molecule has 0 heterocycles. The van der Waals surface area contributed by atoms with Crippen LogP contribution in [0.3, 0.4) is 0 Å². The zero-order valence-electron chi connectivity index (χ0n) is 10.6. The van der Waals surface area contributed by atoms with Gasteiger partial charge in [-0.15, -0.1) is 0 Å². The van der Waals surface area contributed by atoms with Crippen molar-refractivity contribution in [1.29, 1.82) is 0 Å². The van der Waals surface area contributed by atoms with E-state index < -0.39 is 10.0 Å². The first-order valence-electron chi connectivity index (χ1n) is 5.91. The van der Waals surface area contributed by atoms with E-state index in [0.29, 0.717) is 18.2 Å². The lowest BCUT2D eigenvalue weighted by Gasteiger charge is -2.08. The Labute approximate surface area is 108 Å². The molecule has 1 aliphatic carbocycles. The lowest BCUT2D eigenvalue weighted by Crippen LogP contribution is -2.26. The largest absolute Gasteiger partial charge is 0.324 e. The maximum Gasteiger partial charge on any atom is 0.240 e. The summed E-state index contributed by atoms with van der Waals surface area (Å²) in [6.45, 7) is 4.80. The van der Waals surface area contributed by atoms with Crippen molar-refractivity contribution >= 4 is 15.7 Å². The van der Waals surface area contributed by atoms with E-state index in [1.807, 2.05) is 0 Å². The van der Waals surface area contributed by atoms with Gasteiger partial charge in [-0.05, 0) is 42.0 Å². The summed E-state index contributed by atoms with van der Waals surface area (Å²) in [5.74, 6) is 5.67. The molecule has 0 aliphatic heterocycles. The summed E-state index contributed by atoms with van der Waals surface area (Å²) in [6, 6.07) is 6.34. The maximum atomic E-state index is 12.0. The molecule has 18 heavy (non-hydrogen) atoms. The van der Waals surface area contributed by atoms with Crippen molar-refractivity contribution in [2.75, 3.05) is 12.0 Å². The number of nitrogens with two attached hydrogens (primary N) is 1. The minimum Gasteiger partial charge on any atom is -0.324 e. The summed E-state index contributed by atoms with van der Waals surface area (Å²) in [7, 11) is -3.41. The molecule has 0 radical (unpaired) electrons. The summed E-state index contributed by atoms with van der Waals surface area (Å²) < 4.78 is 26.7. The quantitative estimate of drug-likeness (QED) is 0.555. The van der Waals surface area contributed by atoms with Crippen LogP contribution in [0, 0.1) is 11.3 Å². The van der Waals surface area contributed by atoms with Crippen LogP contribution < -0.4 is 16.0 Å². The molecule has 6 heteroatoms. The van der Waals surface area contributed by atoms with Crippen molar-refractivity contribution < 1.29 is 8.42 Å². The topological polar surface area (TPSA) is 84.2 Å². The summed E-state index contributed by atoms with van der Waals surface area (Å²) in [5.41, 5.74) is 3.41. The number of hydrogen-bond acceptors (Lipinski definition) is 4. The van der Waals surface area contributed by atoms with E-state index in [1.165, 1.54) is 12.1 Å². The van der Waals surface area contributed by atoms with Crippen molar-refractivity contribution in [2.24, 2.45) is 17.2 Å². The van der Waals surface area contributed by atoms with E-state index >= 15 is 0 Å². The molecule has 4 N–H and O–H groups in total. The zero-order chi connectivity index (χ0) is 13.4. The first kappa shape index (κ1) is 13.3. The molecule has 1 aliphatic rings. The summed E-state index contributed by atoms with van der Waals surface area (Å²) in [5, 5.41) is 0. The summed E-state index contributed by atoms with van der Waals surface area (Å²) >= 11 is 0. The number of nitrogens with one attached hydrogen (secondary N) is 2. The van der Waals surface area contributed by atoms with Gasteiger partial charge in [-0.2, -0.15) is 0 Å². The second-order valence-electron chi connectivity index (χ2n) is 5.41. The van der Waals surface area contributed by atoms with Crippen LogP contribution in [0.2, 0.25) is 0 Å². The lowest BCUT2D eigenvalue weighted by atomic mass is 10.1. The Balaban J connectivity index is 2.01. The number of hydrogen-bond donors (Lipinski definition) is 3. The molecule has 1 unspecified atom stereocenters. The van der Waals surface area contributed by atoms with Gasteiger partial charge in [0, 0.05) is 12.2 Å². The molecule has 0 saturated heterocycles. The zero-order valence-corrected chi connectivity index (χ0v) is 11.4. The Bertz CT molecular complexity index is 523. The van der Waals surface area contributed by atoms with E-state index in [-0.39, 0.29) is 10.3 Å². The first-order chi connectivity index (χ1) is 8.35. The highest BCUT2D eigenvalue weighted by Crippen LogP contribution is 2.51. The van der Waals surface area contributed by atoms with Gasteiger partial charge in [0.05, 0.1) is 4.90 Å². The fraction of sp³-hybridized carbons (Fsp3) is 0.500. The molecule has 1 atom stereocenters. The van der Waals surface area contributed by atoms with Crippen molar-refractivity contribution in [3.63, 3.8) is 0 Å². The molecular weight excluding hydrogens is 250 g/mol. The number of benzene rings is 1. The van der Waals surface area contributed by atoms with E-state index in [4.69, 9.17) is 5.84 Å². The normalized spacial score (nSPS) is 21.6. The number of rotatable bonds is 5. The van der Waals surface area contributed by atoms with E-state index in [1.54, 1.807) is 12.1 Å². The molecule has 5 nitrogen and oxygen atoms in total. The van der Waals surface area contributed by atoms with Crippen LogP contribution in [-0.2, 0) is 10.0 Å². The van der Waals surface area contributed by atoms with Crippen molar-refractivity contribution in [3.05, 3.63) is 24.3 Å². The van der Waals surface area contributed by atoms with Crippen LogP contribution in [0.1, 0.15) is 20.3 Å². The second-order valence-corrected chi connectivity index (χ2v) is 7.18. The standard InChI is InChI=1S/C12H19N3O2S/c1-12(2)7-9(12)8-14-18(16,17)11-5-3-10(15-13)4-6-11/h3-6,9,14-15H,7-8,13H2,1-2H3. The van der Waals surface area contributed by atoms with Crippen LogP contribution in [0.5, 0.6) is 0 Å². The van der Waals surface area contributed by atoms with Gasteiger partial charge in [0.1, 0.15) is 0 Å². The van der Waals surface area contributed by atoms with Crippen LogP contribution >= 0.6 is 0 Å². The third kappa shape index (κ3) is 2.82. The molecule has 0 spiro atoms. The van der Waals surface area contributed by atoms with Crippen molar-refractivity contribution in [3.8, 4) is 0 Å². The minimum absolute atomic E-state index is 0.264. The molecule has 2 rings (SSSR count).